The number of carbonyl (C=O) groups excluding carboxylic acids is 1. The number of anilines is 1. The van der Waals surface area contributed by atoms with Crippen molar-refractivity contribution in [1.29, 1.82) is 0 Å². The van der Waals surface area contributed by atoms with Gasteiger partial charge >= 0.3 is 12.6 Å². The minimum Gasteiger partial charge on any atom is -0.493 e. The highest BCUT2D eigenvalue weighted by molar-refractivity contribution is 5.89. The van der Waals surface area contributed by atoms with E-state index >= 15 is 0 Å². The van der Waals surface area contributed by atoms with Crippen LogP contribution in [0.5, 0.6) is 11.5 Å². The van der Waals surface area contributed by atoms with E-state index in [9.17, 15) is 18.0 Å². The number of rotatable bonds is 6. The predicted octanol–water partition coefficient (Wildman–Crippen LogP) is 4.07. The molecule has 2 N–H and O–H groups in total. The zero-order chi connectivity index (χ0) is 18.4. The van der Waals surface area contributed by atoms with Crippen LogP contribution in [-0.4, -0.2) is 19.8 Å². The monoisotopic (exact) mass is 354 g/mol. The summed E-state index contributed by atoms with van der Waals surface area (Å²) in [5.74, 6) is -0.400. The molecule has 134 valence electrons. The van der Waals surface area contributed by atoms with E-state index in [0.29, 0.717) is 16.8 Å². The first kappa shape index (κ1) is 18.4. The van der Waals surface area contributed by atoms with Gasteiger partial charge in [0.05, 0.1) is 7.11 Å². The van der Waals surface area contributed by atoms with Crippen molar-refractivity contribution in [3.8, 4) is 11.5 Å². The molecule has 0 saturated carbocycles. The van der Waals surface area contributed by atoms with Crippen LogP contribution in [0.2, 0.25) is 0 Å². The number of ether oxygens (including phenoxy) is 2. The Morgan fingerprint density at radius 1 is 1.16 bits per heavy atom. The van der Waals surface area contributed by atoms with Gasteiger partial charge in [-0.1, -0.05) is 12.1 Å². The molecule has 0 aliphatic rings. The number of amides is 2. The van der Waals surface area contributed by atoms with Crippen molar-refractivity contribution in [2.24, 2.45) is 0 Å². The van der Waals surface area contributed by atoms with Crippen LogP contribution in [0.25, 0.3) is 0 Å². The second-order valence-corrected chi connectivity index (χ2v) is 5.14. The van der Waals surface area contributed by atoms with Crippen LogP contribution >= 0.6 is 0 Å². The first-order chi connectivity index (χ1) is 11.9. The molecule has 0 aliphatic carbocycles. The Labute approximate surface area is 142 Å². The van der Waals surface area contributed by atoms with Gasteiger partial charge in [0.2, 0.25) is 0 Å². The fraction of sp³-hybridized carbons (Fsp3) is 0.235. The van der Waals surface area contributed by atoms with Crippen LogP contribution in [0.15, 0.2) is 36.4 Å². The highest BCUT2D eigenvalue weighted by Crippen LogP contribution is 2.29. The number of halogens is 3. The molecule has 0 heterocycles. The summed E-state index contributed by atoms with van der Waals surface area (Å²) >= 11 is 0. The number of nitrogens with one attached hydrogen (secondary N) is 2. The van der Waals surface area contributed by atoms with Crippen molar-refractivity contribution >= 4 is 11.7 Å². The van der Waals surface area contributed by atoms with Crippen molar-refractivity contribution in [3.63, 3.8) is 0 Å². The van der Waals surface area contributed by atoms with Crippen molar-refractivity contribution in [3.05, 3.63) is 53.3 Å². The van der Waals surface area contributed by atoms with Gasteiger partial charge in [0, 0.05) is 12.2 Å². The van der Waals surface area contributed by atoms with E-state index in [2.05, 4.69) is 15.4 Å². The molecule has 0 atom stereocenters. The summed E-state index contributed by atoms with van der Waals surface area (Å²) in [4.78, 5) is 11.8. The quantitative estimate of drug-likeness (QED) is 0.822. The summed E-state index contributed by atoms with van der Waals surface area (Å²) in [6.45, 7) is -1.32. The summed E-state index contributed by atoms with van der Waals surface area (Å²) < 4.78 is 47.5. The van der Waals surface area contributed by atoms with Crippen LogP contribution < -0.4 is 20.1 Å². The standard InChI is InChI=1S/C17H17F3N2O3/c1-10-3-5-12(8-13(10)18)22-17(23)21-9-11-4-6-14(24-2)15(7-11)25-16(19)20/h3-8,16H,9H2,1-2H3,(H2,21,22,23). The molecule has 0 unspecified atom stereocenters. The van der Waals surface area contributed by atoms with E-state index in [4.69, 9.17) is 4.74 Å². The molecule has 2 aromatic carbocycles. The lowest BCUT2D eigenvalue weighted by molar-refractivity contribution is -0.0512. The number of alkyl halides is 2. The zero-order valence-corrected chi connectivity index (χ0v) is 13.6. The Morgan fingerprint density at radius 3 is 2.56 bits per heavy atom. The predicted molar refractivity (Wildman–Crippen MR) is 86.6 cm³/mol. The molecular weight excluding hydrogens is 337 g/mol. The lowest BCUT2D eigenvalue weighted by Crippen LogP contribution is -2.28. The zero-order valence-electron chi connectivity index (χ0n) is 13.6. The van der Waals surface area contributed by atoms with Crippen LogP contribution in [0.4, 0.5) is 23.7 Å². The van der Waals surface area contributed by atoms with Gasteiger partial charge in [-0.3, -0.25) is 0 Å². The van der Waals surface area contributed by atoms with Crippen molar-refractivity contribution in [2.45, 2.75) is 20.1 Å². The van der Waals surface area contributed by atoms with Gasteiger partial charge < -0.3 is 20.1 Å². The molecule has 25 heavy (non-hydrogen) atoms. The number of hydrogen-bond donors (Lipinski definition) is 2. The third kappa shape index (κ3) is 5.30. The first-order valence-corrected chi connectivity index (χ1v) is 7.31. The number of benzene rings is 2. The van der Waals surface area contributed by atoms with Crippen LogP contribution in [-0.2, 0) is 6.54 Å². The third-order valence-corrected chi connectivity index (χ3v) is 3.33. The average Bonchev–Trinajstić information content (AvgIpc) is 2.56. The van der Waals surface area contributed by atoms with Crippen molar-refractivity contribution < 1.29 is 27.4 Å². The second-order valence-electron chi connectivity index (χ2n) is 5.14. The van der Waals surface area contributed by atoms with E-state index < -0.39 is 18.5 Å². The molecule has 2 aromatic rings. The molecule has 0 saturated heterocycles. The van der Waals surface area contributed by atoms with Gasteiger partial charge in [-0.2, -0.15) is 8.78 Å². The smallest absolute Gasteiger partial charge is 0.387 e. The molecule has 0 spiro atoms. The van der Waals surface area contributed by atoms with Crippen LogP contribution in [0.1, 0.15) is 11.1 Å². The van der Waals surface area contributed by atoms with Gasteiger partial charge in [0.25, 0.3) is 0 Å². The highest BCUT2D eigenvalue weighted by Gasteiger charge is 2.12. The largest absolute Gasteiger partial charge is 0.493 e. The summed E-state index contributed by atoms with van der Waals surface area (Å²) in [6, 6.07) is 8.16. The number of carbonyl (C=O) groups is 1. The minimum atomic E-state index is -2.99. The second kappa shape index (κ2) is 8.27. The maximum absolute atomic E-state index is 13.4. The Hall–Kier alpha value is -2.90. The Kier molecular flexibility index (Phi) is 6.10. The van der Waals surface area contributed by atoms with Crippen molar-refractivity contribution in [2.75, 3.05) is 12.4 Å². The number of methoxy groups -OCH3 is 1. The van der Waals surface area contributed by atoms with Gasteiger partial charge in [0.1, 0.15) is 5.82 Å². The lowest BCUT2D eigenvalue weighted by Gasteiger charge is -2.12. The van der Waals surface area contributed by atoms with Gasteiger partial charge in [0.15, 0.2) is 11.5 Å². The lowest BCUT2D eigenvalue weighted by atomic mass is 10.2. The Bertz CT molecular complexity index is 754. The third-order valence-electron chi connectivity index (χ3n) is 3.33. The Morgan fingerprint density at radius 2 is 1.92 bits per heavy atom. The number of urea groups is 1. The molecule has 5 nitrogen and oxygen atoms in total. The maximum atomic E-state index is 13.4. The first-order valence-electron chi connectivity index (χ1n) is 7.31. The van der Waals surface area contributed by atoms with E-state index in [1.165, 1.54) is 25.3 Å². The molecular formula is C17H17F3N2O3. The maximum Gasteiger partial charge on any atom is 0.387 e. The fourth-order valence-corrected chi connectivity index (χ4v) is 2.05. The molecule has 0 fully saturated rings. The molecule has 2 amide bonds. The number of aryl methyl sites for hydroxylation is 1. The van der Waals surface area contributed by atoms with Crippen molar-refractivity contribution in [1.82, 2.24) is 5.32 Å². The summed E-state index contributed by atoms with van der Waals surface area (Å²) in [5.41, 5.74) is 1.30. The SMILES string of the molecule is COc1ccc(CNC(=O)Nc2ccc(C)c(F)c2)cc1OC(F)F. The minimum absolute atomic E-state index is 0.0593. The van der Waals surface area contributed by atoms with Gasteiger partial charge in [-0.25, -0.2) is 9.18 Å². The highest BCUT2D eigenvalue weighted by atomic mass is 19.3. The topological polar surface area (TPSA) is 59.6 Å². The van der Waals surface area contributed by atoms with Gasteiger partial charge in [-0.15, -0.1) is 0 Å². The van der Waals surface area contributed by atoms with Gasteiger partial charge in [-0.05, 0) is 42.3 Å². The normalized spacial score (nSPS) is 10.5. The Balaban J connectivity index is 1.97. The molecule has 8 heteroatoms. The summed E-state index contributed by atoms with van der Waals surface area (Å²) in [6.07, 6.45) is 0. The van der Waals surface area contributed by atoms with E-state index in [0.717, 1.165) is 0 Å². The van der Waals surface area contributed by atoms with E-state index in [1.54, 1.807) is 25.1 Å². The molecule has 0 radical (unpaired) electrons. The average molecular weight is 354 g/mol. The fourth-order valence-electron chi connectivity index (χ4n) is 2.05. The molecule has 0 aromatic heterocycles. The summed E-state index contributed by atoms with van der Waals surface area (Å²) in [5, 5.41) is 5.03. The molecule has 0 bridgehead atoms. The molecule has 2 rings (SSSR count). The van der Waals surface area contributed by atoms with Crippen LogP contribution in [0.3, 0.4) is 0 Å². The van der Waals surface area contributed by atoms with E-state index in [1.807, 2.05) is 0 Å². The molecule has 0 aliphatic heterocycles. The summed E-state index contributed by atoms with van der Waals surface area (Å²) in [7, 11) is 1.33. The van der Waals surface area contributed by atoms with Crippen LogP contribution in [0, 0.1) is 12.7 Å². The number of hydrogen-bond acceptors (Lipinski definition) is 3. The van der Waals surface area contributed by atoms with E-state index in [-0.39, 0.29) is 18.0 Å².